The molecule has 2 N–H and O–H groups in total. The molecule has 96 valence electrons. The minimum absolute atomic E-state index is 0.186. The van der Waals surface area contributed by atoms with E-state index in [1.165, 1.54) is 10.8 Å². The normalized spacial score (nSPS) is 12.6. The molecule has 1 unspecified atom stereocenters. The van der Waals surface area contributed by atoms with E-state index in [2.05, 4.69) is 41.1 Å². The lowest BCUT2D eigenvalue weighted by atomic mass is 10.1. The minimum Gasteiger partial charge on any atom is -0.490 e. The van der Waals surface area contributed by atoms with Gasteiger partial charge in [0, 0.05) is 0 Å². The van der Waals surface area contributed by atoms with E-state index >= 15 is 0 Å². The smallest absolute Gasteiger partial charge is 0.134 e. The highest BCUT2D eigenvalue weighted by molar-refractivity contribution is 9.10. The van der Waals surface area contributed by atoms with Crippen molar-refractivity contribution < 1.29 is 4.74 Å². The summed E-state index contributed by atoms with van der Waals surface area (Å²) in [5.41, 5.74) is 5.51. The Morgan fingerprint density at radius 3 is 2.78 bits per heavy atom. The molecule has 2 nitrogen and oxygen atoms in total. The number of rotatable bonds is 5. The molecular formula is C15H18BrNO. The van der Waals surface area contributed by atoms with Crippen LogP contribution in [0, 0.1) is 0 Å². The number of ether oxygens (including phenoxy) is 1. The zero-order valence-electron chi connectivity index (χ0n) is 10.5. The Balaban J connectivity index is 2.21. The first-order valence-electron chi connectivity index (χ1n) is 6.26. The number of hydrogen-bond donors (Lipinski definition) is 1. The lowest BCUT2D eigenvalue weighted by Crippen LogP contribution is -2.14. The van der Waals surface area contributed by atoms with Crippen molar-refractivity contribution in [2.45, 2.75) is 25.9 Å². The third-order valence-electron chi connectivity index (χ3n) is 2.97. The van der Waals surface area contributed by atoms with Gasteiger partial charge in [-0.15, -0.1) is 0 Å². The molecule has 0 spiro atoms. The second kappa shape index (κ2) is 6.21. The zero-order chi connectivity index (χ0) is 13.0. The molecule has 0 heterocycles. The van der Waals surface area contributed by atoms with Gasteiger partial charge in [-0.25, -0.2) is 0 Å². The maximum atomic E-state index is 5.95. The molecule has 0 aromatic heterocycles. The maximum absolute atomic E-state index is 5.95. The molecule has 0 aliphatic rings. The van der Waals surface area contributed by atoms with Crippen LogP contribution in [-0.2, 0) is 0 Å². The molecule has 0 radical (unpaired) electrons. The first-order chi connectivity index (χ1) is 8.72. The Hall–Kier alpha value is -1.06. The van der Waals surface area contributed by atoms with Gasteiger partial charge in [0.25, 0.3) is 0 Å². The van der Waals surface area contributed by atoms with E-state index in [-0.39, 0.29) is 6.10 Å². The highest BCUT2D eigenvalue weighted by atomic mass is 79.9. The number of fused-ring (bicyclic) bond motifs is 1. The molecule has 2 aromatic carbocycles. The van der Waals surface area contributed by atoms with Crippen molar-refractivity contribution in [2.75, 3.05) is 6.54 Å². The van der Waals surface area contributed by atoms with Crippen LogP contribution in [0.3, 0.4) is 0 Å². The van der Waals surface area contributed by atoms with Crippen molar-refractivity contribution in [3.05, 3.63) is 40.9 Å². The third-order valence-corrected chi connectivity index (χ3v) is 3.79. The molecule has 0 amide bonds. The quantitative estimate of drug-likeness (QED) is 0.902. The molecule has 0 aliphatic heterocycles. The molecule has 1 atom stereocenters. The largest absolute Gasteiger partial charge is 0.490 e. The van der Waals surface area contributed by atoms with Crippen molar-refractivity contribution in [1.29, 1.82) is 0 Å². The van der Waals surface area contributed by atoms with E-state index in [4.69, 9.17) is 10.5 Å². The Bertz CT molecular complexity index is 527. The van der Waals surface area contributed by atoms with Gasteiger partial charge in [-0.3, -0.25) is 0 Å². The average Bonchev–Trinajstić information content (AvgIpc) is 2.40. The molecule has 2 rings (SSSR count). The van der Waals surface area contributed by atoms with Gasteiger partial charge in [0.05, 0.1) is 10.6 Å². The monoisotopic (exact) mass is 307 g/mol. The van der Waals surface area contributed by atoms with Gasteiger partial charge in [-0.1, -0.05) is 30.3 Å². The lowest BCUT2D eigenvalue weighted by Gasteiger charge is -2.16. The van der Waals surface area contributed by atoms with Crippen molar-refractivity contribution in [1.82, 2.24) is 0 Å². The van der Waals surface area contributed by atoms with Crippen LogP contribution in [-0.4, -0.2) is 12.6 Å². The fourth-order valence-electron chi connectivity index (χ4n) is 1.99. The van der Waals surface area contributed by atoms with Crippen LogP contribution in [0.15, 0.2) is 40.9 Å². The van der Waals surface area contributed by atoms with E-state index in [1.807, 2.05) is 18.2 Å². The summed E-state index contributed by atoms with van der Waals surface area (Å²) in [4.78, 5) is 0. The first kappa shape index (κ1) is 13.4. The van der Waals surface area contributed by atoms with Gasteiger partial charge in [-0.2, -0.15) is 0 Å². The summed E-state index contributed by atoms with van der Waals surface area (Å²) in [7, 11) is 0. The summed E-state index contributed by atoms with van der Waals surface area (Å²) in [5.74, 6) is 0.901. The Morgan fingerprint density at radius 1 is 1.22 bits per heavy atom. The van der Waals surface area contributed by atoms with Crippen LogP contribution >= 0.6 is 15.9 Å². The fourth-order valence-corrected chi connectivity index (χ4v) is 2.57. The van der Waals surface area contributed by atoms with Gasteiger partial charge in [0.1, 0.15) is 5.75 Å². The molecule has 0 saturated heterocycles. The Kier molecular flexibility index (Phi) is 4.61. The summed E-state index contributed by atoms with van der Waals surface area (Å²) >= 11 is 3.63. The van der Waals surface area contributed by atoms with Crippen molar-refractivity contribution in [3.8, 4) is 5.75 Å². The first-order valence-corrected chi connectivity index (χ1v) is 7.05. The van der Waals surface area contributed by atoms with Crippen LogP contribution in [0.5, 0.6) is 5.75 Å². The van der Waals surface area contributed by atoms with Crippen LogP contribution in [0.1, 0.15) is 19.8 Å². The summed E-state index contributed by atoms with van der Waals surface area (Å²) in [5, 5.41) is 2.40. The molecule has 2 aromatic rings. The predicted molar refractivity (Wildman–Crippen MR) is 80.0 cm³/mol. The number of halogens is 1. The van der Waals surface area contributed by atoms with Crippen molar-refractivity contribution in [2.24, 2.45) is 5.73 Å². The number of nitrogens with two attached hydrogens (primary N) is 1. The van der Waals surface area contributed by atoms with Crippen molar-refractivity contribution in [3.63, 3.8) is 0 Å². The SMILES string of the molecule is CC(CCCN)Oc1ccc2ccccc2c1Br. The van der Waals surface area contributed by atoms with Gasteiger partial charge >= 0.3 is 0 Å². The van der Waals surface area contributed by atoms with Crippen LogP contribution in [0.4, 0.5) is 0 Å². The molecule has 18 heavy (non-hydrogen) atoms. The van der Waals surface area contributed by atoms with Crippen molar-refractivity contribution >= 4 is 26.7 Å². The zero-order valence-corrected chi connectivity index (χ0v) is 12.1. The van der Waals surface area contributed by atoms with Gasteiger partial charge in [0.15, 0.2) is 0 Å². The molecule has 0 bridgehead atoms. The van der Waals surface area contributed by atoms with Gasteiger partial charge < -0.3 is 10.5 Å². The maximum Gasteiger partial charge on any atom is 0.134 e. The summed E-state index contributed by atoms with van der Waals surface area (Å²) in [6.07, 6.45) is 2.16. The Labute approximate surface area is 116 Å². The Morgan fingerprint density at radius 2 is 2.00 bits per heavy atom. The van der Waals surface area contributed by atoms with E-state index in [1.54, 1.807) is 0 Å². The standard InChI is InChI=1S/C15H18BrNO/c1-11(5-4-10-17)18-14-9-8-12-6-2-3-7-13(12)15(14)16/h2-3,6-9,11H,4-5,10,17H2,1H3. The predicted octanol–water partition coefficient (Wildman–Crippen LogP) is 4.11. The van der Waals surface area contributed by atoms with Crippen LogP contribution in [0.2, 0.25) is 0 Å². The number of hydrogen-bond acceptors (Lipinski definition) is 2. The molecular weight excluding hydrogens is 290 g/mol. The fraction of sp³-hybridized carbons (Fsp3) is 0.333. The molecule has 3 heteroatoms. The molecule has 0 saturated carbocycles. The second-order valence-corrected chi connectivity index (χ2v) is 5.25. The highest BCUT2D eigenvalue weighted by Crippen LogP contribution is 2.33. The van der Waals surface area contributed by atoms with Gasteiger partial charge in [0.2, 0.25) is 0 Å². The molecule has 0 fully saturated rings. The average molecular weight is 308 g/mol. The summed E-state index contributed by atoms with van der Waals surface area (Å²) in [6.45, 7) is 2.80. The highest BCUT2D eigenvalue weighted by Gasteiger charge is 2.09. The summed E-state index contributed by atoms with van der Waals surface area (Å²) < 4.78 is 6.98. The van der Waals surface area contributed by atoms with E-state index in [9.17, 15) is 0 Å². The number of benzene rings is 2. The van der Waals surface area contributed by atoms with Crippen LogP contribution < -0.4 is 10.5 Å². The second-order valence-electron chi connectivity index (χ2n) is 4.46. The van der Waals surface area contributed by atoms with E-state index in [0.29, 0.717) is 6.54 Å². The molecule has 0 aliphatic carbocycles. The minimum atomic E-state index is 0.186. The topological polar surface area (TPSA) is 35.2 Å². The lowest BCUT2D eigenvalue weighted by molar-refractivity contribution is 0.208. The van der Waals surface area contributed by atoms with Gasteiger partial charge in [-0.05, 0) is 59.1 Å². The van der Waals surface area contributed by atoms with E-state index in [0.717, 1.165) is 23.1 Å². The third kappa shape index (κ3) is 3.03. The van der Waals surface area contributed by atoms with Crippen LogP contribution in [0.25, 0.3) is 10.8 Å². The van der Waals surface area contributed by atoms with E-state index < -0.39 is 0 Å². The summed E-state index contributed by atoms with van der Waals surface area (Å²) in [6, 6.07) is 12.4.